The molecule has 1 heterocycles. The van der Waals surface area contributed by atoms with Crippen LogP contribution in [0.3, 0.4) is 0 Å². The lowest BCUT2D eigenvalue weighted by Gasteiger charge is -2.23. The van der Waals surface area contributed by atoms with Gasteiger partial charge in [0.1, 0.15) is 0 Å². The molecule has 0 unspecified atom stereocenters. The molecular formula is C17H20N8. The van der Waals surface area contributed by atoms with E-state index in [4.69, 9.17) is 11.7 Å². The topological polar surface area (TPSA) is 118 Å². The quantitative estimate of drug-likeness (QED) is 0.380. The van der Waals surface area contributed by atoms with E-state index < -0.39 is 0 Å². The molecule has 6 N–H and O–H groups in total. The van der Waals surface area contributed by atoms with Gasteiger partial charge in [0.05, 0.1) is 0 Å². The summed E-state index contributed by atoms with van der Waals surface area (Å²) in [5.74, 6) is 11.9. The number of nitrogen functional groups attached to an aromatic ring is 2. The zero-order valence-electron chi connectivity index (χ0n) is 13.6. The molecule has 0 spiro atoms. The average molecular weight is 336 g/mol. The van der Waals surface area contributed by atoms with Gasteiger partial charge in [-0.15, -0.1) is 0 Å². The lowest BCUT2D eigenvalue weighted by atomic mass is 10.2. The highest BCUT2D eigenvalue weighted by Crippen LogP contribution is 2.18. The number of nitrogens with zero attached hydrogens (tertiary/aromatic N) is 4. The number of nitrogens with two attached hydrogens (primary N) is 2. The largest absolute Gasteiger partial charge is 0.332 e. The summed E-state index contributed by atoms with van der Waals surface area (Å²) < 4.78 is 0. The second kappa shape index (κ2) is 8.04. The van der Waals surface area contributed by atoms with Crippen molar-refractivity contribution in [1.82, 2.24) is 15.0 Å². The van der Waals surface area contributed by atoms with Crippen LogP contribution in [0.15, 0.2) is 60.7 Å². The van der Waals surface area contributed by atoms with Crippen LogP contribution in [0.25, 0.3) is 0 Å². The van der Waals surface area contributed by atoms with Crippen LogP contribution in [0.4, 0.5) is 17.8 Å². The van der Waals surface area contributed by atoms with Gasteiger partial charge in [0.15, 0.2) is 0 Å². The maximum atomic E-state index is 5.46. The molecule has 8 nitrogen and oxygen atoms in total. The molecule has 0 amide bonds. The molecule has 0 atom stereocenters. The van der Waals surface area contributed by atoms with Gasteiger partial charge >= 0.3 is 0 Å². The van der Waals surface area contributed by atoms with Gasteiger partial charge in [-0.05, 0) is 11.1 Å². The van der Waals surface area contributed by atoms with Crippen molar-refractivity contribution in [2.75, 3.05) is 15.8 Å². The van der Waals surface area contributed by atoms with Crippen molar-refractivity contribution in [3.63, 3.8) is 0 Å². The molecule has 8 heteroatoms. The van der Waals surface area contributed by atoms with E-state index in [1.165, 1.54) is 0 Å². The SMILES string of the molecule is NNc1nc(NN)nc(N(Cc2ccccc2)Cc2ccccc2)n1. The van der Waals surface area contributed by atoms with E-state index in [0.717, 1.165) is 11.1 Å². The lowest BCUT2D eigenvalue weighted by molar-refractivity contribution is 0.758. The van der Waals surface area contributed by atoms with Gasteiger partial charge in [0.2, 0.25) is 17.8 Å². The predicted octanol–water partition coefficient (Wildman–Crippen LogP) is 1.65. The van der Waals surface area contributed by atoms with E-state index in [2.05, 4.69) is 50.1 Å². The van der Waals surface area contributed by atoms with Crippen LogP contribution in [0, 0.1) is 0 Å². The van der Waals surface area contributed by atoms with Crippen molar-refractivity contribution >= 4 is 17.8 Å². The fraction of sp³-hybridized carbons (Fsp3) is 0.118. The summed E-state index contributed by atoms with van der Waals surface area (Å²) in [5.41, 5.74) is 7.16. The van der Waals surface area contributed by atoms with Gasteiger partial charge in [0.25, 0.3) is 0 Å². The molecule has 0 saturated heterocycles. The van der Waals surface area contributed by atoms with Crippen LogP contribution in [0.1, 0.15) is 11.1 Å². The van der Waals surface area contributed by atoms with Crippen LogP contribution in [-0.4, -0.2) is 15.0 Å². The first kappa shape index (κ1) is 16.6. The summed E-state index contributed by atoms with van der Waals surface area (Å²) in [7, 11) is 0. The van der Waals surface area contributed by atoms with Crippen molar-refractivity contribution in [1.29, 1.82) is 0 Å². The Bertz CT molecular complexity index is 731. The number of anilines is 3. The molecule has 0 aliphatic heterocycles. The van der Waals surface area contributed by atoms with Crippen molar-refractivity contribution in [3.8, 4) is 0 Å². The minimum absolute atomic E-state index is 0.240. The molecule has 128 valence electrons. The van der Waals surface area contributed by atoms with Gasteiger partial charge in [0, 0.05) is 13.1 Å². The molecule has 25 heavy (non-hydrogen) atoms. The van der Waals surface area contributed by atoms with Gasteiger partial charge in [-0.2, -0.15) is 15.0 Å². The van der Waals surface area contributed by atoms with E-state index >= 15 is 0 Å². The fourth-order valence-corrected chi connectivity index (χ4v) is 2.44. The Labute approximate surface area is 145 Å². The molecule has 0 aliphatic carbocycles. The van der Waals surface area contributed by atoms with Gasteiger partial charge < -0.3 is 4.90 Å². The summed E-state index contributed by atoms with van der Waals surface area (Å²) in [6.45, 7) is 1.27. The molecule has 0 bridgehead atoms. The summed E-state index contributed by atoms with van der Waals surface area (Å²) >= 11 is 0. The number of hydrazine groups is 2. The molecule has 3 aromatic rings. The van der Waals surface area contributed by atoms with Crippen LogP contribution in [0.2, 0.25) is 0 Å². The molecule has 0 radical (unpaired) electrons. The first-order chi connectivity index (χ1) is 12.3. The maximum absolute atomic E-state index is 5.46. The Hall–Kier alpha value is -3.23. The van der Waals surface area contributed by atoms with Crippen LogP contribution >= 0.6 is 0 Å². The van der Waals surface area contributed by atoms with Gasteiger partial charge in [-0.3, -0.25) is 10.9 Å². The first-order valence-electron chi connectivity index (χ1n) is 7.80. The van der Waals surface area contributed by atoms with Crippen molar-refractivity contribution in [2.24, 2.45) is 11.7 Å². The zero-order valence-corrected chi connectivity index (χ0v) is 13.6. The molecule has 0 aliphatic rings. The minimum atomic E-state index is 0.240. The standard InChI is InChI=1S/C17H20N8/c18-23-15-20-16(24-19)22-17(21-15)25(11-13-7-3-1-4-8-13)12-14-9-5-2-6-10-14/h1-10H,11-12,18-19H2,(H2,20,21,22,23,24). The summed E-state index contributed by atoms with van der Waals surface area (Å²) in [5, 5.41) is 0. The minimum Gasteiger partial charge on any atom is -0.332 e. The zero-order chi connectivity index (χ0) is 17.5. The highest BCUT2D eigenvalue weighted by Gasteiger charge is 2.14. The molecule has 0 fully saturated rings. The molecule has 1 aromatic heterocycles. The van der Waals surface area contributed by atoms with E-state index in [0.29, 0.717) is 19.0 Å². The Balaban J connectivity index is 1.95. The van der Waals surface area contributed by atoms with Crippen molar-refractivity contribution < 1.29 is 0 Å². The van der Waals surface area contributed by atoms with Crippen molar-refractivity contribution in [2.45, 2.75) is 13.1 Å². The Morgan fingerprint density at radius 3 is 1.52 bits per heavy atom. The van der Waals surface area contributed by atoms with Gasteiger partial charge in [-0.25, -0.2) is 11.7 Å². The van der Waals surface area contributed by atoms with E-state index in [9.17, 15) is 0 Å². The van der Waals surface area contributed by atoms with Crippen LogP contribution in [-0.2, 0) is 13.1 Å². The van der Waals surface area contributed by atoms with E-state index in [1.54, 1.807) is 0 Å². The average Bonchev–Trinajstić information content (AvgIpc) is 2.68. The Morgan fingerprint density at radius 1 is 0.680 bits per heavy atom. The van der Waals surface area contributed by atoms with Crippen LogP contribution < -0.4 is 27.4 Å². The normalized spacial score (nSPS) is 10.3. The Kier molecular flexibility index (Phi) is 5.35. The number of hydrogen-bond donors (Lipinski definition) is 4. The highest BCUT2D eigenvalue weighted by molar-refractivity contribution is 5.44. The number of aromatic nitrogens is 3. The number of rotatable bonds is 7. The summed E-state index contributed by atoms with van der Waals surface area (Å²) in [6.07, 6.45) is 0. The number of benzene rings is 2. The molecule has 2 aromatic carbocycles. The van der Waals surface area contributed by atoms with Crippen LogP contribution in [0.5, 0.6) is 0 Å². The summed E-state index contributed by atoms with van der Waals surface area (Å²) in [6, 6.07) is 20.2. The molecule has 3 rings (SSSR count). The third kappa shape index (κ3) is 4.40. The second-order valence-corrected chi connectivity index (χ2v) is 5.40. The van der Waals surface area contributed by atoms with E-state index in [1.807, 2.05) is 41.3 Å². The lowest BCUT2D eigenvalue weighted by Crippen LogP contribution is -2.26. The van der Waals surface area contributed by atoms with E-state index in [-0.39, 0.29) is 11.9 Å². The first-order valence-corrected chi connectivity index (χ1v) is 7.80. The third-order valence-electron chi connectivity index (χ3n) is 3.60. The third-order valence-corrected chi connectivity index (χ3v) is 3.60. The highest BCUT2D eigenvalue weighted by atomic mass is 15.4. The molecular weight excluding hydrogens is 316 g/mol. The molecule has 0 saturated carbocycles. The van der Waals surface area contributed by atoms with Crippen molar-refractivity contribution in [3.05, 3.63) is 71.8 Å². The number of hydrogen-bond acceptors (Lipinski definition) is 8. The maximum Gasteiger partial charge on any atom is 0.243 e. The second-order valence-electron chi connectivity index (χ2n) is 5.40. The predicted molar refractivity (Wildman–Crippen MR) is 98.2 cm³/mol. The number of nitrogens with one attached hydrogen (secondary N) is 2. The summed E-state index contributed by atoms with van der Waals surface area (Å²) in [4.78, 5) is 14.8. The van der Waals surface area contributed by atoms with Gasteiger partial charge in [-0.1, -0.05) is 60.7 Å². The fourth-order valence-electron chi connectivity index (χ4n) is 2.44. The Morgan fingerprint density at radius 2 is 1.12 bits per heavy atom. The smallest absolute Gasteiger partial charge is 0.243 e. The monoisotopic (exact) mass is 336 g/mol.